The van der Waals surface area contributed by atoms with Gasteiger partial charge in [0.15, 0.2) is 5.76 Å². The van der Waals surface area contributed by atoms with Crippen LogP contribution in [0.5, 0.6) is 0 Å². The van der Waals surface area contributed by atoms with Crippen LogP contribution in [-0.2, 0) is 16.6 Å². The van der Waals surface area contributed by atoms with Gasteiger partial charge in [-0.3, -0.25) is 9.59 Å². The van der Waals surface area contributed by atoms with E-state index in [1.807, 2.05) is 0 Å². The highest BCUT2D eigenvalue weighted by molar-refractivity contribution is 7.91. The van der Waals surface area contributed by atoms with Crippen molar-refractivity contribution >= 4 is 38.9 Å². The molecular formula is C21H21N3O5S2. The summed E-state index contributed by atoms with van der Waals surface area (Å²) >= 11 is 1.17. The van der Waals surface area contributed by atoms with Gasteiger partial charge in [0.25, 0.3) is 21.8 Å². The second-order valence-electron chi connectivity index (χ2n) is 7.02. The monoisotopic (exact) mass is 459 g/mol. The van der Waals surface area contributed by atoms with Crippen molar-refractivity contribution < 1.29 is 22.4 Å². The van der Waals surface area contributed by atoms with Crippen molar-refractivity contribution in [3.63, 3.8) is 0 Å². The van der Waals surface area contributed by atoms with E-state index in [0.29, 0.717) is 28.5 Å². The number of hydrogen-bond acceptors (Lipinski definition) is 6. The van der Waals surface area contributed by atoms with E-state index in [4.69, 9.17) is 4.42 Å². The third kappa shape index (κ3) is 4.87. The van der Waals surface area contributed by atoms with E-state index in [9.17, 15) is 18.0 Å². The number of furan rings is 1. The summed E-state index contributed by atoms with van der Waals surface area (Å²) in [5.41, 5.74) is 0.963. The lowest BCUT2D eigenvalue weighted by Crippen LogP contribution is -2.27. The molecule has 0 radical (unpaired) electrons. The molecular weight excluding hydrogens is 438 g/mol. The Morgan fingerprint density at radius 2 is 1.74 bits per heavy atom. The summed E-state index contributed by atoms with van der Waals surface area (Å²) < 4.78 is 32.1. The van der Waals surface area contributed by atoms with Gasteiger partial charge in [0.1, 0.15) is 4.21 Å². The molecule has 0 saturated carbocycles. The van der Waals surface area contributed by atoms with Crippen LogP contribution in [0.4, 0.5) is 5.69 Å². The lowest BCUT2D eigenvalue weighted by molar-refractivity contribution is 0.0950. The molecule has 2 N–H and O–H groups in total. The van der Waals surface area contributed by atoms with Crippen LogP contribution >= 0.6 is 11.3 Å². The van der Waals surface area contributed by atoms with Gasteiger partial charge in [-0.25, -0.2) is 8.42 Å². The van der Waals surface area contributed by atoms with Crippen molar-refractivity contribution in [2.24, 2.45) is 0 Å². The fraction of sp³-hybridized carbons (Fsp3) is 0.238. The summed E-state index contributed by atoms with van der Waals surface area (Å²) in [6.07, 6.45) is 3.19. The molecule has 0 bridgehead atoms. The Bertz CT molecular complexity index is 1160. The summed E-state index contributed by atoms with van der Waals surface area (Å²) in [5.74, 6) is -0.468. The average Bonchev–Trinajstić information content (AvgIpc) is 3.55. The van der Waals surface area contributed by atoms with Crippen molar-refractivity contribution in [2.75, 3.05) is 18.4 Å². The number of nitrogens with zero attached hydrogens (tertiary/aromatic N) is 1. The molecule has 2 amide bonds. The molecule has 0 unspecified atom stereocenters. The molecule has 8 nitrogen and oxygen atoms in total. The van der Waals surface area contributed by atoms with Crippen molar-refractivity contribution in [1.29, 1.82) is 0 Å². The summed E-state index contributed by atoms with van der Waals surface area (Å²) in [7, 11) is -3.44. The Labute approximate surface area is 183 Å². The van der Waals surface area contributed by atoms with Crippen LogP contribution in [0.25, 0.3) is 0 Å². The van der Waals surface area contributed by atoms with Crippen LogP contribution < -0.4 is 10.6 Å². The summed E-state index contributed by atoms with van der Waals surface area (Å²) in [4.78, 5) is 25.2. The fourth-order valence-corrected chi connectivity index (χ4v) is 6.19. The van der Waals surface area contributed by atoms with E-state index in [2.05, 4.69) is 10.6 Å². The first-order chi connectivity index (χ1) is 14.9. The molecule has 4 rings (SSSR count). The number of rotatable bonds is 7. The predicted molar refractivity (Wildman–Crippen MR) is 117 cm³/mol. The number of carbonyl (C=O) groups excluding carboxylic acids is 2. The standard InChI is InChI=1S/C21H21N3O5S2/c25-20(15-5-7-16(8-6-15)23-21(26)18-4-3-13-29-18)22-14-17-9-10-19(30-17)31(27,28)24-11-1-2-12-24/h3-10,13H,1-2,11-12,14H2,(H,22,25)(H,23,26). The predicted octanol–water partition coefficient (Wildman–Crippen LogP) is 3.31. The van der Waals surface area contributed by atoms with Crippen LogP contribution in [0, 0.1) is 0 Å². The highest BCUT2D eigenvalue weighted by atomic mass is 32.2. The second-order valence-corrected chi connectivity index (χ2v) is 10.4. The Morgan fingerprint density at radius 1 is 1.00 bits per heavy atom. The average molecular weight is 460 g/mol. The third-order valence-electron chi connectivity index (χ3n) is 4.87. The van der Waals surface area contributed by atoms with Crippen LogP contribution in [0.15, 0.2) is 63.4 Å². The minimum absolute atomic E-state index is 0.198. The SMILES string of the molecule is O=C(NCc1ccc(S(=O)(=O)N2CCCC2)s1)c1ccc(NC(=O)c2ccco2)cc1. The largest absolute Gasteiger partial charge is 0.459 e. The maximum atomic E-state index is 12.6. The van der Waals surface area contributed by atoms with Gasteiger partial charge in [0.05, 0.1) is 12.8 Å². The number of nitrogens with one attached hydrogen (secondary N) is 2. The van der Waals surface area contributed by atoms with Gasteiger partial charge >= 0.3 is 0 Å². The number of sulfonamides is 1. The molecule has 2 aromatic heterocycles. The first kappa shape index (κ1) is 21.3. The number of anilines is 1. The van der Waals surface area contributed by atoms with Crippen LogP contribution in [0.2, 0.25) is 0 Å². The third-order valence-corrected chi connectivity index (χ3v) is 8.32. The molecule has 31 heavy (non-hydrogen) atoms. The minimum Gasteiger partial charge on any atom is -0.459 e. The summed E-state index contributed by atoms with van der Waals surface area (Å²) in [5, 5.41) is 5.48. The maximum Gasteiger partial charge on any atom is 0.291 e. The molecule has 0 spiro atoms. The van der Waals surface area contributed by atoms with Gasteiger partial charge in [0, 0.05) is 29.2 Å². The molecule has 0 aliphatic carbocycles. The summed E-state index contributed by atoms with van der Waals surface area (Å²) in [6.45, 7) is 1.35. The molecule has 1 fully saturated rings. The van der Waals surface area contributed by atoms with Crippen LogP contribution in [-0.4, -0.2) is 37.6 Å². The van der Waals surface area contributed by atoms with Crippen LogP contribution in [0.3, 0.4) is 0 Å². The van der Waals surface area contributed by atoms with E-state index < -0.39 is 10.0 Å². The summed E-state index contributed by atoms with van der Waals surface area (Å²) in [6, 6.07) is 13.0. The second kappa shape index (κ2) is 9.04. The zero-order chi connectivity index (χ0) is 21.8. The molecule has 3 aromatic rings. The lowest BCUT2D eigenvalue weighted by atomic mass is 10.2. The zero-order valence-electron chi connectivity index (χ0n) is 16.5. The number of thiophene rings is 1. The van der Waals surface area contributed by atoms with Gasteiger partial charge in [-0.15, -0.1) is 11.3 Å². The van der Waals surface area contributed by atoms with Crippen molar-refractivity contribution in [2.45, 2.75) is 23.6 Å². The van der Waals surface area contributed by atoms with E-state index in [1.54, 1.807) is 48.5 Å². The Balaban J connectivity index is 1.33. The lowest BCUT2D eigenvalue weighted by Gasteiger charge is -2.13. The van der Waals surface area contributed by atoms with Gasteiger partial charge in [-0.1, -0.05) is 0 Å². The number of benzene rings is 1. The Hall–Kier alpha value is -2.95. The van der Waals surface area contributed by atoms with E-state index >= 15 is 0 Å². The quantitative estimate of drug-likeness (QED) is 0.563. The first-order valence-corrected chi connectivity index (χ1v) is 12.0. The topological polar surface area (TPSA) is 109 Å². The highest BCUT2D eigenvalue weighted by Crippen LogP contribution is 2.27. The highest BCUT2D eigenvalue weighted by Gasteiger charge is 2.28. The van der Waals surface area contributed by atoms with Crippen molar-refractivity contribution in [3.8, 4) is 0 Å². The molecule has 3 heterocycles. The number of amides is 2. The normalized spacial score (nSPS) is 14.5. The molecule has 1 aromatic carbocycles. The molecule has 10 heteroatoms. The maximum absolute atomic E-state index is 12.6. The number of carbonyl (C=O) groups is 2. The van der Waals surface area contributed by atoms with E-state index in [1.165, 1.54) is 21.9 Å². The van der Waals surface area contributed by atoms with Crippen molar-refractivity contribution in [1.82, 2.24) is 9.62 Å². The zero-order valence-corrected chi connectivity index (χ0v) is 18.2. The first-order valence-electron chi connectivity index (χ1n) is 9.75. The molecule has 162 valence electrons. The smallest absolute Gasteiger partial charge is 0.291 e. The van der Waals surface area contributed by atoms with Crippen molar-refractivity contribution in [3.05, 3.63) is 71.0 Å². The van der Waals surface area contributed by atoms with Crippen LogP contribution in [0.1, 0.15) is 38.6 Å². The Kier molecular flexibility index (Phi) is 6.21. The Morgan fingerprint density at radius 3 is 2.42 bits per heavy atom. The fourth-order valence-electron chi connectivity index (χ4n) is 3.22. The van der Waals surface area contributed by atoms with Gasteiger partial charge in [-0.05, 0) is 61.4 Å². The minimum atomic E-state index is -3.44. The molecule has 0 atom stereocenters. The molecule has 1 aliphatic rings. The molecule has 1 aliphatic heterocycles. The number of hydrogen-bond donors (Lipinski definition) is 2. The molecule has 1 saturated heterocycles. The van der Waals surface area contributed by atoms with Gasteiger partial charge in [0.2, 0.25) is 0 Å². The van der Waals surface area contributed by atoms with E-state index in [-0.39, 0.29) is 24.1 Å². The van der Waals surface area contributed by atoms with E-state index in [0.717, 1.165) is 17.7 Å². The van der Waals surface area contributed by atoms with Gasteiger partial charge in [-0.2, -0.15) is 4.31 Å². The van der Waals surface area contributed by atoms with Gasteiger partial charge < -0.3 is 15.1 Å².